The number of likely N-dealkylation sites (tertiary alicyclic amines) is 1. The molecular weight excluding hydrogens is 598 g/mol. The number of hydrogen-bond donors (Lipinski definition) is 2. The minimum Gasteiger partial charge on any atom is -0.343 e. The van der Waals surface area contributed by atoms with E-state index in [2.05, 4.69) is 20.2 Å². The highest BCUT2D eigenvalue weighted by molar-refractivity contribution is 6.39. The molecule has 1 aromatic carbocycles. The van der Waals surface area contributed by atoms with Gasteiger partial charge < -0.3 is 9.69 Å². The maximum atomic E-state index is 13.2. The molecule has 0 radical (unpaired) electrons. The number of fused-ring (bicyclic) bond motifs is 2. The highest BCUT2D eigenvalue weighted by atomic mass is 35.5. The molecule has 42 heavy (non-hydrogen) atoms. The third kappa shape index (κ3) is 6.32. The number of imidazole rings is 1. The Hall–Kier alpha value is -3.42. The number of alkyl halides is 3. The third-order valence-electron chi connectivity index (χ3n) is 7.60. The monoisotopic (exact) mass is 625 g/mol. The van der Waals surface area contributed by atoms with Crippen LogP contribution in [-0.4, -0.2) is 79.6 Å². The number of hydrogen-bond acceptors (Lipinski definition) is 6. The summed E-state index contributed by atoms with van der Waals surface area (Å²) in [4.78, 5) is 47.6. The number of nitrogens with zero attached hydrogens (tertiary/aromatic N) is 5. The van der Waals surface area contributed by atoms with E-state index in [-0.39, 0.29) is 47.2 Å². The summed E-state index contributed by atoms with van der Waals surface area (Å²) in [5.74, 6) is -0.967. The lowest BCUT2D eigenvalue weighted by atomic mass is 9.91. The average Bonchev–Trinajstić information content (AvgIpc) is 3.48. The molecule has 1 aliphatic heterocycles. The number of halogens is 5. The van der Waals surface area contributed by atoms with Gasteiger partial charge in [-0.25, -0.2) is 9.78 Å². The fourth-order valence-corrected chi connectivity index (χ4v) is 6.25. The second kappa shape index (κ2) is 12.1. The van der Waals surface area contributed by atoms with Crippen LogP contribution in [0.5, 0.6) is 0 Å². The van der Waals surface area contributed by atoms with Gasteiger partial charge in [0.1, 0.15) is 17.0 Å². The Morgan fingerprint density at radius 2 is 2.02 bits per heavy atom. The van der Waals surface area contributed by atoms with Crippen LogP contribution in [0.2, 0.25) is 10.2 Å². The molecule has 224 valence electrons. The first-order chi connectivity index (χ1) is 19.9. The Balaban J connectivity index is 1.30. The van der Waals surface area contributed by atoms with Gasteiger partial charge >= 0.3 is 11.9 Å². The average molecular weight is 626 g/mol. The van der Waals surface area contributed by atoms with E-state index in [4.69, 9.17) is 23.2 Å². The summed E-state index contributed by atoms with van der Waals surface area (Å²) < 4.78 is 40.9. The van der Waals surface area contributed by atoms with Crippen molar-refractivity contribution in [3.8, 4) is 0 Å². The summed E-state index contributed by atoms with van der Waals surface area (Å²) in [5, 5.41) is 7.41. The number of amides is 1. The number of aldehydes is 1. The minimum atomic E-state index is -4.41. The van der Waals surface area contributed by atoms with Crippen LogP contribution >= 0.6 is 23.2 Å². The Morgan fingerprint density at radius 1 is 1.29 bits per heavy atom. The zero-order chi connectivity index (χ0) is 30.2. The molecule has 0 spiro atoms. The van der Waals surface area contributed by atoms with Crippen LogP contribution in [0.4, 0.5) is 13.2 Å². The summed E-state index contributed by atoms with van der Waals surface area (Å²) in [6.07, 6.45) is -1.02. The van der Waals surface area contributed by atoms with Crippen LogP contribution in [0.3, 0.4) is 0 Å². The van der Waals surface area contributed by atoms with Crippen molar-refractivity contribution in [1.82, 2.24) is 34.5 Å². The molecule has 0 saturated carbocycles. The maximum absolute atomic E-state index is 13.2. The van der Waals surface area contributed by atoms with E-state index in [0.717, 1.165) is 4.90 Å². The molecule has 0 aliphatic carbocycles. The molecule has 1 atom stereocenters. The van der Waals surface area contributed by atoms with Gasteiger partial charge in [-0.15, -0.1) is 0 Å². The smallest absolute Gasteiger partial charge is 0.343 e. The number of nitrogens with one attached hydrogen (secondary N) is 2. The molecule has 15 heteroatoms. The Morgan fingerprint density at radius 3 is 2.71 bits per heavy atom. The van der Waals surface area contributed by atoms with Crippen LogP contribution in [0, 0.1) is 5.92 Å². The van der Waals surface area contributed by atoms with Crippen LogP contribution in [0.1, 0.15) is 36.4 Å². The largest absolute Gasteiger partial charge is 0.401 e. The number of carbonyl (C=O) groups is 2. The van der Waals surface area contributed by atoms with Gasteiger partial charge in [0, 0.05) is 49.6 Å². The molecule has 3 aromatic heterocycles. The van der Waals surface area contributed by atoms with Gasteiger partial charge in [-0.1, -0.05) is 23.2 Å². The summed E-state index contributed by atoms with van der Waals surface area (Å²) in [5.41, 5.74) is 2.25. The van der Waals surface area contributed by atoms with Gasteiger partial charge in [0.15, 0.2) is 5.65 Å². The third-order valence-corrected chi connectivity index (χ3v) is 8.16. The van der Waals surface area contributed by atoms with Gasteiger partial charge in [0.2, 0.25) is 5.91 Å². The minimum absolute atomic E-state index is 0.0792. The molecule has 4 aromatic rings. The number of H-pyrrole nitrogens is 2. The lowest BCUT2D eigenvalue weighted by Crippen LogP contribution is -2.41. The molecule has 1 saturated heterocycles. The lowest BCUT2D eigenvalue weighted by molar-refractivity contribution is -0.144. The topological polar surface area (TPSA) is 120 Å². The van der Waals surface area contributed by atoms with Crippen molar-refractivity contribution in [2.75, 3.05) is 26.7 Å². The number of aromatic nitrogens is 5. The van der Waals surface area contributed by atoms with Crippen LogP contribution < -0.4 is 5.69 Å². The van der Waals surface area contributed by atoms with Crippen molar-refractivity contribution < 1.29 is 22.8 Å². The van der Waals surface area contributed by atoms with Crippen LogP contribution in [-0.2, 0) is 22.6 Å². The van der Waals surface area contributed by atoms with E-state index in [1.165, 1.54) is 7.05 Å². The van der Waals surface area contributed by atoms with Crippen molar-refractivity contribution >= 4 is 57.5 Å². The summed E-state index contributed by atoms with van der Waals surface area (Å²) in [6, 6.07) is 5.04. The summed E-state index contributed by atoms with van der Waals surface area (Å²) in [6.45, 7) is -0.467. The molecule has 5 rings (SSSR count). The standard InChI is InChI=1S/C27H28Cl2F3N7O3/c1-37(14-27(30,31)32)12-18-16(11-19(28)23-22(18)24(29)36-35-23)9-15(13-40)10-21(41)38-7-4-17(5-8-38)39-20-3-2-6-33-25(20)34-26(39)42/h2-3,6,11,13,15,17H,4-5,7-10,12,14H2,1H3,(H,35,36)(H,33,34,42)/t15-/m0/s1. The van der Waals surface area contributed by atoms with Crippen molar-refractivity contribution in [1.29, 1.82) is 0 Å². The first kappa shape index (κ1) is 30.1. The fraction of sp³-hybridized carbons (Fsp3) is 0.444. The normalized spacial score (nSPS) is 15.6. The zero-order valence-corrected chi connectivity index (χ0v) is 24.1. The number of rotatable bonds is 9. The number of pyridine rings is 1. The molecule has 0 unspecified atom stereocenters. The van der Waals surface area contributed by atoms with Crippen molar-refractivity contribution in [3.05, 3.63) is 56.2 Å². The lowest BCUT2D eigenvalue weighted by Gasteiger charge is -2.33. The van der Waals surface area contributed by atoms with E-state index in [0.29, 0.717) is 65.4 Å². The van der Waals surface area contributed by atoms with E-state index in [1.807, 2.05) is 6.07 Å². The predicted octanol–water partition coefficient (Wildman–Crippen LogP) is 4.51. The summed E-state index contributed by atoms with van der Waals surface area (Å²) >= 11 is 12.7. The van der Waals surface area contributed by atoms with Gasteiger partial charge in [0.05, 0.1) is 17.1 Å². The molecule has 2 N–H and O–H groups in total. The van der Waals surface area contributed by atoms with Gasteiger partial charge in [-0.2, -0.15) is 18.3 Å². The first-order valence-electron chi connectivity index (χ1n) is 13.3. The van der Waals surface area contributed by atoms with Crippen LogP contribution in [0.25, 0.3) is 22.1 Å². The number of aromatic amines is 2. The molecule has 10 nitrogen and oxygen atoms in total. The number of benzene rings is 1. The quantitative estimate of drug-likeness (QED) is 0.264. The molecule has 1 fully saturated rings. The second-order valence-electron chi connectivity index (χ2n) is 10.6. The SMILES string of the molecule is CN(Cc1c(C[C@H](C=O)CC(=O)N2CCC(n3c(=O)[nH]c4ncccc43)CC2)cc(Cl)c2n[nH]c(Cl)c12)CC(F)(F)F. The first-order valence-corrected chi connectivity index (χ1v) is 14.1. The second-order valence-corrected chi connectivity index (χ2v) is 11.4. The fourth-order valence-electron chi connectivity index (χ4n) is 5.73. The highest BCUT2D eigenvalue weighted by Crippen LogP contribution is 2.35. The number of carbonyl (C=O) groups excluding carboxylic acids is 2. The highest BCUT2D eigenvalue weighted by Gasteiger charge is 2.31. The van der Waals surface area contributed by atoms with Crippen molar-refractivity contribution in [2.45, 2.75) is 44.4 Å². The Kier molecular flexibility index (Phi) is 8.63. The van der Waals surface area contributed by atoms with Crippen LogP contribution in [0.15, 0.2) is 29.2 Å². The van der Waals surface area contributed by atoms with Gasteiger partial charge in [-0.3, -0.25) is 24.3 Å². The Bertz CT molecular complexity index is 1680. The van der Waals surface area contributed by atoms with Gasteiger partial charge in [0.25, 0.3) is 0 Å². The number of piperidine rings is 1. The van der Waals surface area contributed by atoms with E-state index in [1.54, 1.807) is 27.8 Å². The van der Waals surface area contributed by atoms with E-state index in [9.17, 15) is 27.6 Å². The van der Waals surface area contributed by atoms with Gasteiger partial charge in [-0.05, 0) is 55.6 Å². The van der Waals surface area contributed by atoms with E-state index < -0.39 is 18.6 Å². The molecule has 1 amide bonds. The molecule has 4 heterocycles. The predicted molar refractivity (Wildman–Crippen MR) is 152 cm³/mol. The molecular formula is C27H28Cl2F3N7O3. The molecule has 1 aliphatic rings. The molecule has 0 bridgehead atoms. The van der Waals surface area contributed by atoms with Crippen molar-refractivity contribution in [2.24, 2.45) is 5.92 Å². The van der Waals surface area contributed by atoms with E-state index >= 15 is 0 Å². The zero-order valence-electron chi connectivity index (χ0n) is 22.5. The Labute approximate surface area is 247 Å². The maximum Gasteiger partial charge on any atom is 0.401 e. The summed E-state index contributed by atoms with van der Waals surface area (Å²) in [7, 11) is 1.33. The van der Waals surface area contributed by atoms with Crippen molar-refractivity contribution in [3.63, 3.8) is 0 Å².